The molecule has 1 aromatic carbocycles. The molecule has 2 heterocycles. The van der Waals surface area contributed by atoms with Crippen LogP contribution in [0.15, 0.2) is 29.4 Å². The van der Waals surface area contributed by atoms with Crippen LogP contribution in [-0.2, 0) is 11.3 Å². The topological polar surface area (TPSA) is 60.2 Å². The van der Waals surface area contributed by atoms with Crippen LogP contribution < -0.4 is 4.74 Å². The van der Waals surface area contributed by atoms with Gasteiger partial charge in [-0.15, -0.1) is 10.2 Å². The van der Waals surface area contributed by atoms with Gasteiger partial charge in [-0.1, -0.05) is 11.8 Å². The van der Waals surface area contributed by atoms with Gasteiger partial charge in [0.25, 0.3) is 0 Å². The summed E-state index contributed by atoms with van der Waals surface area (Å²) in [6, 6.07) is 7.78. The molecule has 1 fully saturated rings. The SMILES string of the molecule is CCn1c(S[C@@H](C)C(=O)N2CCCC2)nnc1-c1ccc(OC)cc1. The van der Waals surface area contributed by atoms with Crippen molar-refractivity contribution in [1.82, 2.24) is 19.7 Å². The highest BCUT2D eigenvalue weighted by molar-refractivity contribution is 8.00. The Balaban J connectivity index is 1.78. The number of ether oxygens (including phenoxy) is 1. The van der Waals surface area contributed by atoms with Gasteiger partial charge in [-0.2, -0.15) is 0 Å². The summed E-state index contributed by atoms with van der Waals surface area (Å²) in [5.74, 6) is 1.82. The normalized spacial score (nSPS) is 15.4. The Hall–Kier alpha value is -2.02. The minimum Gasteiger partial charge on any atom is -0.497 e. The Morgan fingerprint density at radius 1 is 1.24 bits per heavy atom. The number of amides is 1. The molecule has 7 heteroatoms. The molecular weight excluding hydrogens is 336 g/mol. The molecule has 1 aliphatic heterocycles. The Morgan fingerprint density at radius 3 is 2.52 bits per heavy atom. The molecule has 3 rings (SSSR count). The summed E-state index contributed by atoms with van der Waals surface area (Å²) >= 11 is 1.49. The maximum absolute atomic E-state index is 12.5. The van der Waals surface area contributed by atoms with Crippen molar-refractivity contribution in [2.45, 2.75) is 43.6 Å². The maximum atomic E-state index is 12.5. The molecule has 2 aromatic rings. The van der Waals surface area contributed by atoms with E-state index < -0.39 is 0 Å². The average molecular weight is 360 g/mol. The zero-order valence-corrected chi connectivity index (χ0v) is 15.8. The van der Waals surface area contributed by atoms with Crippen LogP contribution in [0.1, 0.15) is 26.7 Å². The van der Waals surface area contributed by atoms with Gasteiger partial charge in [0.2, 0.25) is 5.91 Å². The predicted octanol–water partition coefficient (Wildman–Crippen LogP) is 3.08. The van der Waals surface area contributed by atoms with Crippen LogP contribution in [0.25, 0.3) is 11.4 Å². The van der Waals surface area contributed by atoms with E-state index in [1.165, 1.54) is 11.8 Å². The van der Waals surface area contributed by atoms with Gasteiger partial charge in [0.1, 0.15) is 5.75 Å². The van der Waals surface area contributed by atoms with Gasteiger partial charge < -0.3 is 14.2 Å². The molecular formula is C18H24N4O2S. The summed E-state index contributed by atoms with van der Waals surface area (Å²) in [4.78, 5) is 14.5. The van der Waals surface area contributed by atoms with E-state index >= 15 is 0 Å². The van der Waals surface area contributed by atoms with Crippen LogP contribution >= 0.6 is 11.8 Å². The second-order valence-electron chi connectivity index (χ2n) is 6.07. The number of nitrogens with zero attached hydrogens (tertiary/aromatic N) is 4. The maximum Gasteiger partial charge on any atom is 0.235 e. The number of carbonyl (C=O) groups is 1. The summed E-state index contributed by atoms with van der Waals surface area (Å²) in [7, 11) is 1.65. The standard InChI is InChI=1S/C18H24N4O2S/c1-4-22-16(14-7-9-15(24-3)10-8-14)19-20-18(22)25-13(2)17(23)21-11-5-6-12-21/h7-10,13H,4-6,11-12H2,1-3H3/t13-/m0/s1. The van der Waals surface area contributed by atoms with Crippen molar-refractivity contribution in [3.63, 3.8) is 0 Å². The summed E-state index contributed by atoms with van der Waals surface area (Å²) < 4.78 is 7.26. The monoisotopic (exact) mass is 360 g/mol. The van der Waals surface area contributed by atoms with E-state index in [1.54, 1.807) is 7.11 Å². The van der Waals surface area contributed by atoms with Gasteiger partial charge in [-0.25, -0.2) is 0 Å². The molecule has 1 amide bonds. The van der Waals surface area contributed by atoms with Gasteiger partial charge in [0.15, 0.2) is 11.0 Å². The minimum absolute atomic E-state index is 0.156. The molecule has 6 nitrogen and oxygen atoms in total. The molecule has 1 aliphatic rings. The smallest absolute Gasteiger partial charge is 0.235 e. The average Bonchev–Trinajstić information content (AvgIpc) is 3.31. The zero-order chi connectivity index (χ0) is 17.8. The third kappa shape index (κ3) is 3.81. The Bertz CT molecular complexity index is 723. The van der Waals surface area contributed by atoms with Crippen molar-refractivity contribution < 1.29 is 9.53 Å². The fourth-order valence-corrected chi connectivity index (χ4v) is 4.01. The highest BCUT2D eigenvalue weighted by Crippen LogP contribution is 2.29. The van der Waals surface area contributed by atoms with E-state index in [4.69, 9.17) is 4.74 Å². The largest absolute Gasteiger partial charge is 0.497 e. The number of aromatic nitrogens is 3. The number of likely N-dealkylation sites (tertiary alicyclic amines) is 1. The number of hydrogen-bond acceptors (Lipinski definition) is 5. The molecule has 1 aromatic heterocycles. The van der Waals surface area contributed by atoms with E-state index in [2.05, 4.69) is 21.7 Å². The third-order valence-corrected chi connectivity index (χ3v) is 5.50. The Morgan fingerprint density at radius 2 is 1.92 bits per heavy atom. The van der Waals surface area contributed by atoms with Crippen molar-refractivity contribution in [1.29, 1.82) is 0 Å². The molecule has 0 saturated carbocycles. The van der Waals surface area contributed by atoms with Crippen LogP contribution in [0.5, 0.6) is 5.75 Å². The van der Waals surface area contributed by atoms with Crippen molar-refractivity contribution in [3.8, 4) is 17.1 Å². The number of rotatable bonds is 6. The van der Waals surface area contributed by atoms with E-state index in [0.29, 0.717) is 0 Å². The van der Waals surface area contributed by atoms with Crippen LogP contribution in [0.4, 0.5) is 0 Å². The molecule has 1 saturated heterocycles. The van der Waals surface area contributed by atoms with E-state index in [9.17, 15) is 4.79 Å². The molecule has 0 aliphatic carbocycles. The van der Waals surface area contributed by atoms with Crippen LogP contribution in [-0.4, -0.2) is 51.0 Å². The van der Waals surface area contributed by atoms with Gasteiger partial charge in [0, 0.05) is 25.2 Å². The molecule has 0 bridgehead atoms. The van der Waals surface area contributed by atoms with Crippen molar-refractivity contribution >= 4 is 17.7 Å². The number of hydrogen-bond donors (Lipinski definition) is 0. The molecule has 0 spiro atoms. The first kappa shape index (κ1) is 17.8. The third-order valence-electron chi connectivity index (χ3n) is 4.43. The lowest BCUT2D eigenvalue weighted by Gasteiger charge is -2.19. The van der Waals surface area contributed by atoms with Gasteiger partial charge >= 0.3 is 0 Å². The minimum atomic E-state index is -0.156. The number of thioether (sulfide) groups is 1. The summed E-state index contributed by atoms with van der Waals surface area (Å²) in [5.41, 5.74) is 0.987. The first-order valence-electron chi connectivity index (χ1n) is 8.67. The van der Waals surface area contributed by atoms with Crippen LogP contribution in [0.2, 0.25) is 0 Å². The molecule has 0 N–H and O–H groups in total. The molecule has 25 heavy (non-hydrogen) atoms. The Kier molecular flexibility index (Phi) is 5.63. The van der Waals surface area contributed by atoms with Crippen molar-refractivity contribution in [2.75, 3.05) is 20.2 Å². The van der Waals surface area contributed by atoms with Gasteiger partial charge in [-0.3, -0.25) is 4.79 Å². The second-order valence-corrected chi connectivity index (χ2v) is 7.38. The highest BCUT2D eigenvalue weighted by atomic mass is 32.2. The summed E-state index contributed by atoms with van der Waals surface area (Å²) in [5, 5.41) is 9.31. The zero-order valence-electron chi connectivity index (χ0n) is 14.9. The van der Waals surface area contributed by atoms with Crippen LogP contribution in [0.3, 0.4) is 0 Å². The first-order chi connectivity index (χ1) is 12.1. The molecule has 1 atom stereocenters. The second kappa shape index (κ2) is 7.91. The highest BCUT2D eigenvalue weighted by Gasteiger charge is 2.26. The lowest BCUT2D eigenvalue weighted by atomic mass is 10.2. The molecule has 134 valence electrons. The number of benzene rings is 1. The molecule has 0 radical (unpaired) electrons. The van der Waals surface area contributed by atoms with Crippen LogP contribution in [0, 0.1) is 0 Å². The summed E-state index contributed by atoms with van der Waals surface area (Å²) in [6.45, 7) is 6.52. The fraction of sp³-hybridized carbons (Fsp3) is 0.500. The van der Waals surface area contributed by atoms with Gasteiger partial charge in [0.05, 0.1) is 12.4 Å². The fourth-order valence-electron chi connectivity index (χ4n) is 3.02. The first-order valence-corrected chi connectivity index (χ1v) is 9.55. The molecule has 0 unspecified atom stereocenters. The lowest BCUT2D eigenvalue weighted by molar-refractivity contribution is -0.129. The summed E-state index contributed by atoms with van der Waals surface area (Å²) in [6.07, 6.45) is 2.21. The van der Waals surface area contributed by atoms with Crippen molar-refractivity contribution in [2.24, 2.45) is 0 Å². The lowest BCUT2D eigenvalue weighted by Crippen LogP contribution is -2.34. The number of methoxy groups -OCH3 is 1. The van der Waals surface area contributed by atoms with E-state index in [1.807, 2.05) is 36.1 Å². The quantitative estimate of drug-likeness (QED) is 0.741. The van der Waals surface area contributed by atoms with Gasteiger partial charge in [-0.05, 0) is 51.0 Å². The number of carbonyl (C=O) groups excluding carboxylic acids is 1. The predicted molar refractivity (Wildman–Crippen MR) is 98.8 cm³/mol. The van der Waals surface area contributed by atoms with Crippen molar-refractivity contribution in [3.05, 3.63) is 24.3 Å². The van der Waals surface area contributed by atoms with E-state index in [0.717, 1.165) is 54.8 Å². The van der Waals surface area contributed by atoms with E-state index in [-0.39, 0.29) is 11.2 Å². The Labute approximate surface area is 152 Å².